The molecule has 5 heteroatoms. The SMILES string of the molecule is Cl.ClC(c1ccccc1)(c1ccccc1)c1cn[nH]n1. The van der Waals surface area contributed by atoms with Gasteiger partial charge in [0, 0.05) is 0 Å². The zero-order valence-electron chi connectivity index (χ0n) is 10.5. The molecule has 0 amide bonds. The molecule has 0 saturated heterocycles. The first kappa shape index (κ1) is 14.6. The minimum atomic E-state index is -0.824. The second-order valence-electron chi connectivity index (χ2n) is 4.25. The number of aromatic nitrogens is 3. The lowest BCUT2D eigenvalue weighted by molar-refractivity contribution is 0.812. The van der Waals surface area contributed by atoms with Crippen molar-refractivity contribution in [3.05, 3.63) is 83.7 Å². The largest absolute Gasteiger partial charge is 0.198 e. The summed E-state index contributed by atoms with van der Waals surface area (Å²) in [7, 11) is 0. The van der Waals surface area contributed by atoms with Crippen molar-refractivity contribution in [2.24, 2.45) is 0 Å². The van der Waals surface area contributed by atoms with Crippen LogP contribution in [0.2, 0.25) is 0 Å². The predicted octanol–water partition coefficient (Wildman–Crippen LogP) is 3.76. The van der Waals surface area contributed by atoms with Gasteiger partial charge in [0.15, 0.2) is 0 Å². The summed E-state index contributed by atoms with van der Waals surface area (Å²) in [6.45, 7) is 0. The summed E-state index contributed by atoms with van der Waals surface area (Å²) in [6.07, 6.45) is 1.66. The van der Waals surface area contributed by atoms with Gasteiger partial charge in [-0.25, -0.2) is 0 Å². The third-order valence-electron chi connectivity index (χ3n) is 3.11. The van der Waals surface area contributed by atoms with Crippen LogP contribution in [-0.2, 0) is 4.87 Å². The van der Waals surface area contributed by atoms with Crippen LogP contribution in [0, 0.1) is 0 Å². The Morgan fingerprint density at radius 3 is 1.75 bits per heavy atom. The number of H-pyrrole nitrogens is 1. The molecule has 0 aliphatic carbocycles. The van der Waals surface area contributed by atoms with Crippen LogP contribution in [0.25, 0.3) is 0 Å². The Hall–Kier alpha value is -1.84. The van der Waals surface area contributed by atoms with Crippen molar-refractivity contribution in [3.8, 4) is 0 Å². The number of halogens is 2. The molecule has 0 atom stereocenters. The van der Waals surface area contributed by atoms with Gasteiger partial charge in [0.25, 0.3) is 0 Å². The minimum absolute atomic E-state index is 0. The van der Waals surface area contributed by atoms with Crippen LogP contribution in [-0.4, -0.2) is 15.4 Å². The Balaban J connectivity index is 0.00000147. The van der Waals surface area contributed by atoms with Crippen molar-refractivity contribution >= 4 is 24.0 Å². The molecule has 0 bridgehead atoms. The predicted molar refractivity (Wildman–Crippen MR) is 82.2 cm³/mol. The Kier molecular flexibility index (Phi) is 4.42. The van der Waals surface area contributed by atoms with Gasteiger partial charge in [0.05, 0.1) is 6.20 Å². The molecule has 0 saturated carbocycles. The van der Waals surface area contributed by atoms with Crippen molar-refractivity contribution in [2.75, 3.05) is 0 Å². The van der Waals surface area contributed by atoms with Crippen molar-refractivity contribution < 1.29 is 0 Å². The molecule has 1 N–H and O–H groups in total. The normalized spacial score (nSPS) is 10.8. The Morgan fingerprint density at radius 2 is 1.35 bits per heavy atom. The third kappa shape index (κ3) is 2.42. The van der Waals surface area contributed by atoms with Crippen molar-refractivity contribution in [3.63, 3.8) is 0 Å². The molecule has 3 rings (SSSR count). The van der Waals surface area contributed by atoms with E-state index in [0.29, 0.717) is 5.69 Å². The number of benzene rings is 2. The maximum Gasteiger partial charge on any atom is 0.140 e. The summed E-state index contributed by atoms with van der Waals surface area (Å²) < 4.78 is 0. The average molecular weight is 306 g/mol. The minimum Gasteiger partial charge on any atom is -0.198 e. The molecular formula is C15H13Cl2N3. The first-order valence-corrected chi connectivity index (χ1v) is 6.36. The standard InChI is InChI=1S/C15H12ClN3.ClH/c16-15(14-11-17-19-18-14,12-7-3-1-4-8-12)13-9-5-2-6-10-13;/h1-11H,(H,17,18,19);1H. The highest BCUT2D eigenvalue weighted by molar-refractivity contribution is 6.27. The molecule has 0 aliphatic rings. The first-order chi connectivity index (χ1) is 9.32. The molecular weight excluding hydrogens is 293 g/mol. The lowest BCUT2D eigenvalue weighted by Gasteiger charge is -2.25. The summed E-state index contributed by atoms with van der Waals surface area (Å²) in [5, 5.41) is 10.7. The number of rotatable bonds is 3. The van der Waals surface area contributed by atoms with Crippen LogP contribution < -0.4 is 0 Å². The van der Waals surface area contributed by atoms with Crippen molar-refractivity contribution in [1.29, 1.82) is 0 Å². The molecule has 3 aromatic rings. The fourth-order valence-electron chi connectivity index (χ4n) is 2.17. The van der Waals surface area contributed by atoms with E-state index in [1.54, 1.807) is 6.20 Å². The van der Waals surface area contributed by atoms with Crippen LogP contribution in [0.4, 0.5) is 0 Å². The van der Waals surface area contributed by atoms with Crippen LogP contribution in [0.1, 0.15) is 16.8 Å². The molecule has 0 aliphatic heterocycles. The van der Waals surface area contributed by atoms with E-state index < -0.39 is 4.87 Å². The maximum absolute atomic E-state index is 6.93. The highest BCUT2D eigenvalue weighted by Gasteiger charge is 2.36. The fraction of sp³-hybridized carbons (Fsp3) is 0.0667. The smallest absolute Gasteiger partial charge is 0.140 e. The molecule has 102 valence electrons. The van der Waals surface area contributed by atoms with E-state index in [2.05, 4.69) is 15.4 Å². The highest BCUT2D eigenvalue weighted by atomic mass is 35.5. The van der Waals surface area contributed by atoms with Gasteiger partial charge in [-0.2, -0.15) is 15.4 Å². The first-order valence-electron chi connectivity index (χ1n) is 5.98. The summed E-state index contributed by atoms with van der Waals surface area (Å²) in [6, 6.07) is 19.8. The van der Waals surface area contributed by atoms with Gasteiger partial charge in [-0.05, 0) is 11.1 Å². The number of nitrogens with one attached hydrogen (secondary N) is 1. The van der Waals surface area contributed by atoms with E-state index in [1.807, 2.05) is 60.7 Å². The van der Waals surface area contributed by atoms with Crippen LogP contribution >= 0.6 is 24.0 Å². The fourth-order valence-corrected chi connectivity index (χ4v) is 2.51. The van der Waals surface area contributed by atoms with Crippen molar-refractivity contribution in [2.45, 2.75) is 4.87 Å². The van der Waals surface area contributed by atoms with E-state index in [4.69, 9.17) is 11.6 Å². The van der Waals surface area contributed by atoms with Crippen LogP contribution in [0.15, 0.2) is 66.9 Å². The van der Waals surface area contributed by atoms with Gasteiger partial charge in [-0.1, -0.05) is 60.7 Å². The highest BCUT2D eigenvalue weighted by Crippen LogP contribution is 2.41. The lowest BCUT2D eigenvalue weighted by Crippen LogP contribution is -2.22. The number of hydrogen-bond acceptors (Lipinski definition) is 2. The summed E-state index contributed by atoms with van der Waals surface area (Å²) >= 11 is 6.93. The number of alkyl halides is 1. The zero-order valence-corrected chi connectivity index (χ0v) is 12.1. The number of aromatic amines is 1. The quantitative estimate of drug-likeness (QED) is 0.749. The van der Waals surface area contributed by atoms with E-state index in [9.17, 15) is 0 Å². The zero-order chi connectivity index (χ0) is 13.1. The number of nitrogens with zero attached hydrogens (tertiary/aromatic N) is 2. The molecule has 0 spiro atoms. The second kappa shape index (κ2) is 6.07. The summed E-state index contributed by atoms with van der Waals surface area (Å²) in [5.41, 5.74) is 2.63. The molecule has 0 radical (unpaired) electrons. The van der Waals surface area contributed by atoms with Gasteiger partial charge < -0.3 is 0 Å². The van der Waals surface area contributed by atoms with E-state index >= 15 is 0 Å². The van der Waals surface area contributed by atoms with E-state index in [1.165, 1.54) is 0 Å². The molecule has 20 heavy (non-hydrogen) atoms. The van der Waals surface area contributed by atoms with E-state index in [0.717, 1.165) is 11.1 Å². The summed E-state index contributed by atoms with van der Waals surface area (Å²) in [4.78, 5) is -0.824. The Morgan fingerprint density at radius 1 is 0.850 bits per heavy atom. The maximum atomic E-state index is 6.93. The molecule has 2 aromatic carbocycles. The molecule has 1 heterocycles. The molecule has 0 unspecified atom stereocenters. The lowest BCUT2D eigenvalue weighted by atomic mass is 9.88. The van der Waals surface area contributed by atoms with Gasteiger partial charge in [-0.15, -0.1) is 24.0 Å². The van der Waals surface area contributed by atoms with Gasteiger partial charge >= 0.3 is 0 Å². The van der Waals surface area contributed by atoms with Gasteiger partial charge in [0.2, 0.25) is 0 Å². The Bertz CT molecular complexity index is 600. The molecule has 3 nitrogen and oxygen atoms in total. The van der Waals surface area contributed by atoms with Crippen LogP contribution in [0.5, 0.6) is 0 Å². The third-order valence-corrected chi connectivity index (χ3v) is 3.74. The van der Waals surface area contributed by atoms with Gasteiger partial charge in [0.1, 0.15) is 10.6 Å². The Labute approximate surface area is 128 Å². The summed E-state index contributed by atoms with van der Waals surface area (Å²) in [5.74, 6) is 0. The molecule has 1 aromatic heterocycles. The van der Waals surface area contributed by atoms with Gasteiger partial charge in [-0.3, -0.25) is 0 Å². The second-order valence-corrected chi connectivity index (χ2v) is 4.81. The van der Waals surface area contributed by atoms with Crippen LogP contribution in [0.3, 0.4) is 0 Å². The van der Waals surface area contributed by atoms with Crippen molar-refractivity contribution in [1.82, 2.24) is 15.4 Å². The number of hydrogen-bond donors (Lipinski definition) is 1. The monoisotopic (exact) mass is 305 g/mol. The average Bonchev–Trinajstić information content (AvgIpc) is 3.03. The topological polar surface area (TPSA) is 41.6 Å². The van der Waals surface area contributed by atoms with E-state index in [-0.39, 0.29) is 12.4 Å². The molecule has 0 fully saturated rings.